The summed E-state index contributed by atoms with van der Waals surface area (Å²) in [6, 6.07) is 0.364. The maximum atomic E-state index is 11.9. The summed E-state index contributed by atoms with van der Waals surface area (Å²) in [7, 11) is 1.77. The number of aryl methyl sites for hydroxylation is 1. The van der Waals surface area contributed by atoms with E-state index in [9.17, 15) is 4.79 Å². The average Bonchev–Trinajstić information content (AvgIpc) is 3.00. The molecule has 100 valence electrons. The summed E-state index contributed by atoms with van der Waals surface area (Å²) in [6.45, 7) is 1.98. The molecule has 1 saturated heterocycles. The van der Waals surface area contributed by atoms with Gasteiger partial charge in [-0.1, -0.05) is 5.10 Å². The molecule has 1 aliphatic heterocycles. The largest absolute Gasteiger partial charge is 0.408 e. The fourth-order valence-corrected chi connectivity index (χ4v) is 2.08. The predicted molar refractivity (Wildman–Crippen MR) is 67.8 cm³/mol. The highest BCUT2D eigenvalue weighted by Crippen LogP contribution is 2.13. The molecule has 0 spiro atoms. The molecule has 1 aliphatic rings. The number of amides is 1. The van der Waals surface area contributed by atoms with Gasteiger partial charge in [-0.15, -0.1) is 16.7 Å². The number of nitrogens with zero attached hydrogens (tertiary/aromatic N) is 4. The lowest BCUT2D eigenvalue weighted by molar-refractivity contribution is -0.128. The molecule has 1 aromatic rings. The summed E-state index contributed by atoms with van der Waals surface area (Å²) in [5.41, 5.74) is 0. The van der Waals surface area contributed by atoms with Crippen LogP contribution in [0.3, 0.4) is 0 Å². The van der Waals surface area contributed by atoms with E-state index in [1.165, 1.54) is 0 Å². The number of halogens is 1. The summed E-state index contributed by atoms with van der Waals surface area (Å²) in [5, 5.41) is 7.76. The third kappa shape index (κ3) is 3.13. The van der Waals surface area contributed by atoms with Crippen LogP contribution in [0.15, 0.2) is 4.42 Å². The Labute approximate surface area is 111 Å². The van der Waals surface area contributed by atoms with Crippen molar-refractivity contribution >= 4 is 23.5 Å². The number of likely N-dealkylation sites (tertiary alicyclic amines) is 1. The van der Waals surface area contributed by atoms with Gasteiger partial charge in [0.05, 0.1) is 0 Å². The fraction of sp³-hybridized carbons (Fsp3) is 0.727. The lowest BCUT2D eigenvalue weighted by Gasteiger charge is -2.19. The molecule has 2 heterocycles. The van der Waals surface area contributed by atoms with Gasteiger partial charge < -0.3 is 14.2 Å². The average molecular weight is 273 g/mol. The molecule has 2 rings (SSSR count). The van der Waals surface area contributed by atoms with Crippen LogP contribution in [0, 0.1) is 0 Å². The van der Waals surface area contributed by atoms with Gasteiger partial charge in [0.15, 0.2) is 0 Å². The molecular weight excluding hydrogens is 256 g/mol. The highest BCUT2D eigenvalue weighted by molar-refractivity contribution is 6.17. The Morgan fingerprint density at radius 3 is 2.83 bits per heavy atom. The van der Waals surface area contributed by atoms with E-state index in [4.69, 9.17) is 16.0 Å². The zero-order valence-electron chi connectivity index (χ0n) is 10.4. The van der Waals surface area contributed by atoms with E-state index < -0.39 is 0 Å². The van der Waals surface area contributed by atoms with E-state index in [1.807, 2.05) is 4.90 Å². The number of hydrogen-bond acceptors (Lipinski definition) is 5. The molecule has 0 radical (unpaired) electrons. The minimum Gasteiger partial charge on any atom is -0.408 e. The fourth-order valence-electron chi connectivity index (χ4n) is 1.92. The summed E-state index contributed by atoms with van der Waals surface area (Å²) in [6.07, 6.45) is 2.73. The van der Waals surface area contributed by atoms with Crippen LogP contribution in [0.4, 0.5) is 6.01 Å². The Balaban J connectivity index is 1.89. The number of hydrogen-bond donors (Lipinski definition) is 0. The number of carbonyl (C=O) groups excluding carboxylic acids is 1. The molecule has 0 unspecified atom stereocenters. The first-order valence-corrected chi connectivity index (χ1v) is 6.61. The van der Waals surface area contributed by atoms with Crippen molar-refractivity contribution in [3.63, 3.8) is 0 Å². The van der Waals surface area contributed by atoms with E-state index in [2.05, 4.69) is 10.2 Å². The van der Waals surface area contributed by atoms with Crippen molar-refractivity contribution in [3.8, 4) is 0 Å². The first kappa shape index (κ1) is 13.1. The lowest BCUT2D eigenvalue weighted by atomic mass is 10.4. The van der Waals surface area contributed by atoms with Gasteiger partial charge in [0.2, 0.25) is 11.8 Å². The summed E-state index contributed by atoms with van der Waals surface area (Å²) < 4.78 is 5.40. The Kier molecular flexibility index (Phi) is 4.41. The number of likely N-dealkylation sites (N-methyl/N-ethyl adjacent to an activating group) is 1. The number of rotatable bonds is 5. The second-order valence-electron chi connectivity index (χ2n) is 4.36. The molecule has 0 N–H and O–H groups in total. The highest BCUT2D eigenvalue weighted by Gasteiger charge is 2.21. The summed E-state index contributed by atoms with van der Waals surface area (Å²) >= 11 is 5.59. The second-order valence-corrected chi connectivity index (χ2v) is 4.74. The lowest BCUT2D eigenvalue weighted by Crippen LogP contribution is -2.37. The van der Waals surface area contributed by atoms with E-state index in [0.29, 0.717) is 24.2 Å². The number of anilines is 1. The molecule has 0 saturated carbocycles. The van der Waals surface area contributed by atoms with Crippen molar-refractivity contribution in [3.05, 3.63) is 5.89 Å². The molecule has 1 aromatic heterocycles. The Morgan fingerprint density at radius 2 is 2.17 bits per heavy atom. The Bertz CT molecular complexity index is 404. The van der Waals surface area contributed by atoms with Crippen molar-refractivity contribution in [2.24, 2.45) is 0 Å². The first-order valence-electron chi connectivity index (χ1n) is 6.08. The molecule has 7 heteroatoms. The molecule has 18 heavy (non-hydrogen) atoms. The van der Waals surface area contributed by atoms with E-state index in [-0.39, 0.29) is 12.5 Å². The minimum absolute atomic E-state index is 0.104. The van der Waals surface area contributed by atoms with Gasteiger partial charge in [0.25, 0.3) is 0 Å². The van der Waals surface area contributed by atoms with Gasteiger partial charge in [0, 0.05) is 32.4 Å². The van der Waals surface area contributed by atoms with Crippen molar-refractivity contribution < 1.29 is 9.21 Å². The van der Waals surface area contributed by atoms with Gasteiger partial charge in [-0.2, -0.15) is 0 Å². The predicted octanol–water partition coefficient (Wildman–Crippen LogP) is 0.909. The molecule has 1 amide bonds. The zero-order valence-corrected chi connectivity index (χ0v) is 11.2. The number of aromatic nitrogens is 2. The Hall–Kier alpha value is -1.30. The number of carbonyl (C=O) groups is 1. The molecular formula is C11H17ClN4O2. The normalized spacial score (nSPS) is 15.1. The van der Waals surface area contributed by atoms with Crippen molar-refractivity contribution in [1.29, 1.82) is 0 Å². The molecule has 0 atom stereocenters. The van der Waals surface area contributed by atoms with Crippen LogP contribution in [0.5, 0.6) is 0 Å². The van der Waals surface area contributed by atoms with E-state index >= 15 is 0 Å². The van der Waals surface area contributed by atoms with Gasteiger partial charge >= 0.3 is 6.01 Å². The van der Waals surface area contributed by atoms with Gasteiger partial charge in [-0.05, 0) is 12.8 Å². The molecule has 0 aromatic carbocycles. The third-order valence-electron chi connectivity index (χ3n) is 2.92. The van der Waals surface area contributed by atoms with Crippen LogP contribution in [-0.2, 0) is 11.2 Å². The molecule has 1 fully saturated rings. The van der Waals surface area contributed by atoms with Crippen LogP contribution in [0.2, 0.25) is 0 Å². The van der Waals surface area contributed by atoms with Crippen LogP contribution in [0.1, 0.15) is 18.7 Å². The third-order valence-corrected chi connectivity index (χ3v) is 3.11. The molecule has 0 bridgehead atoms. The monoisotopic (exact) mass is 272 g/mol. The summed E-state index contributed by atoms with van der Waals surface area (Å²) in [5.74, 6) is 1.05. The standard InChI is InChI=1S/C11H17ClN4O2/c1-15(8-10(17)16-6-2-3-7-16)11-14-13-9(18-11)4-5-12/h2-8H2,1H3. The molecule has 6 nitrogen and oxygen atoms in total. The zero-order chi connectivity index (χ0) is 13.0. The quantitative estimate of drug-likeness (QED) is 0.746. The maximum absolute atomic E-state index is 11.9. The van der Waals surface area contributed by atoms with Crippen LogP contribution >= 0.6 is 11.6 Å². The minimum atomic E-state index is 0.104. The summed E-state index contributed by atoms with van der Waals surface area (Å²) in [4.78, 5) is 15.5. The van der Waals surface area contributed by atoms with Crippen LogP contribution < -0.4 is 4.90 Å². The van der Waals surface area contributed by atoms with Gasteiger partial charge in [-0.25, -0.2) is 0 Å². The highest BCUT2D eigenvalue weighted by atomic mass is 35.5. The van der Waals surface area contributed by atoms with Crippen molar-refractivity contribution in [2.75, 3.05) is 37.5 Å². The smallest absolute Gasteiger partial charge is 0.318 e. The topological polar surface area (TPSA) is 62.5 Å². The Morgan fingerprint density at radius 1 is 1.44 bits per heavy atom. The van der Waals surface area contributed by atoms with Gasteiger partial charge in [-0.3, -0.25) is 4.79 Å². The molecule has 0 aliphatic carbocycles. The van der Waals surface area contributed by atoms with Crippen LogP contribution in [0.25, 0.3) is 0 Å². The van der Waals surface area contributed by atoms with Crippen molar-refractivity contribution in [2.45, 2.75) is 19.3 Å². The van der Waals surface area contributed by atoms with Crippen LogP contribution in [-0.4, -0.2) is 53.6 Å². The van der Waals surface area contributed by atoms with Gasteiger partial charge in [0.1, 0.15) is 6.54 Å². The SMILES string of the molecule is CN(CC(=O)N1CCCC1)c1nnc(CCCl)o1. The van der Waals surface area contributed by atoms with E-state index in [1.54, 1.807) is 11.9 Å². The number of alkyl halides is 1. The second kappa shape index (κ2) is 6.04. The first-order chi connectivity index (χ1) is 8.70. The maximum Gasteiger partial charge on any atom is 0.318 e. The van der Waals surface area contributed by atoms with E-state index in [0.717, 1.165) is 25.9 Å². The van der Waals surface area contributed by atoms with Crippen molar-refractivity contribution in [1.82, 2.24) is 15.1 Å².